The molecule has 0 atom stereocenters. The van der Waals surface area contributed by atoms with E-state index in [1.54, 1.807) is 0 Å². The Bertz CT molecular complexity index is 782. The standard InChI is InChI=1S/C14H8BrCl3N4/c1-7(8-2-4-9(15)5-3-8)21-22-14-12(17)11(16)10(6-19)13(18)20-14/h2-5H,1H3,(H,20,22)/b21-7+. The van der Waals surface area contributed by atoms with Crippen molar-refractivity contribution in [1.82, 2.24) is 4.98 Å². The third kappa shape index (κ3) is 3.71. The van der Waals surface area contributed by atoms with Gasteiger partial charge in [0.1, 0.15) is 16.7 Å². The van der Waals surface area contributed by atoms with Gasteiger partial charge < -0.3 is 0 Å². The summed E-state index contributed by atoms with van der Waals surface area (Å²) in [5.74, 6) is 0.187. The number of nitriles is 1. The predicted molar refractivity (Wildman–Crippen MR) is 94.0 cm³/mol. The number of pyridine rings is 1. The highest BCUT2D eigenvalue weighted by molar-refractivity contribution is 9.10. The molecule has 1 aromatic heterocycles. The van der Waals surface area contributed by atoms with E-state index in [-0.39, 0.29) is 26.6 Å². The average molecular weight is 419 g/mol. The van der Waals surface area contributed by atoms with Crippen LogP contribution in [0, 0.1) is 11.3 Å². The van der Waals surface area contributed by atoms with Crippen LogP contribution in [0.3, 0.4) is 0 Å². The van der Waals surface area contributed by atoms with Gasteiger partial charge in [0.05, 0.1) is 10.7 Å². The Labute approximate surface area is 150 Å². The molecule has 1 N–H and O–H groups in total. The van der Waals surface area contributed by atoms with Crippen LogP contribution < -0.4 is 5.43 Å². The molecule has 0 fully saturated rings. The van der Waals surface area contributed by atoms with Crippen LogP contribution in [0.15, 0.2) is 33.8 Å². The monoisotopic (exact) mass is 416 g/mol. The van der Waals surface area contributed by atoms with E-state index in [1.165, 1.54) is 0 Å². The van der Waals surface area contributed by atoms with Gasteiger partial charge in [-0.2, -0.15) is 10.4 Å². The van der Waals surface area contributed by atoms with Gasteiger partial charge in [-0.25, -0.2) is 4.98 Å². The number of nitrogens with zero attached hydrogens (tertiary/aromatic N) is 3. The lowest BCUT2D eigenvalue weighted by molar-refractivity contribution is 1.21. The van der Waals surface area contributed by atoms with E-state index < -0.39 is 0 Å². The SMILES string of the molecule is C/C(=N\Nc1nc(Cl)c(C#N)c(Cl)c1Cl)c1ccc(Br)cc1. The molecule has 112 valence electrons. The summed E-state index contributed by atoms with van der Waals surface area (Å²) in [6.07, 6.45) is 0. The van der Waals surface area contributed by atoms with Crippen LogP contribution in [0.2, 0.25) is 15.2 Å². The molecule has 0 aliphatic rings. The Kier molecular flexibility index (Phi) is 5.65. The van der Waals surface area contributed by atoms with Gasteiger partial charge in [-0.05, 0) is 24.6 Å². The number of anilines is 1. The highest BCUT2D eigenvalue weighted by atomic mass is 79.9. The molecular formula is C14H8BrCl3N4. The van der Waals surface area contributed by atoms with E-state index in [4.69, 9.17) is 40.1 Å². The number of hydrogen-bond donors (Lipinski definition) is 1. The molecule has 1 aromatic carbocycles. The van der Waals surface area contributed by atoms with Crippen molar-refractivity contribution >= 4 is 62.3 Å². The summed E-state index contributed by atoms with van der Waals surface area (Å²) >= 11 is 21.3. The van der Waals surface area contributed by atoms with Gasteiger partial charge in [-0.3, -0.25) is 5.43 Å². The summed E-state index contributed by atoms with van der Waals surface area (Å²) in [5, 5.41) is 13.2. The van der Waals surface area contributed by atoms with Crippen LogP contribution >= 0.6 is 50.7 Å². The molecule has 0 saturated heterocycles. The summed E-state index contributed by atoms with van der Waals surface area (Å²) < 4.78 is 0.979. The van der Waals surface area contributed by atoms with Gasteiger partial charge in [0.25, 0.3) is 0 Å². The van der Waals surface area contributed by atoms with Crippen LogP contribution in [-0.2, 0) is 0 Å². The third-order valence-corrected chi connectivity index (χ3v) is 4.38. The number of halogens is 4. The van der Waals surface area contributed by atoms with Crippen molar-refractivity contribution in [2.24, 2.45) is 5.10 Å². The maximum absolute atomic E-state index is 8.93. The number of benzene rings is 1. The third-order valence-electron chi connectivity index (χ3n) is 2.74. The summed E-state index contributed by atoms with van der Waals surface area (Å²) in [7, 11) is 0. The Hall–Kier alpha value is -1.32. The van der Waals surface area contributed by atoms with Crippen LogP contribution in [-0.4, -0.2) is 10.7 Å². The second kappa shape index (κ2) is 7.30. The second-order valence-electron chi connectivity index (χ2n) is 4.18. The van der Waals surface area contributed by atoms with Crippen molar-refractivity contribution in [3.8, 4) is 6.07 Å². The molecule has 8 heteroatoms. The minimum absolute atomic E-state index is 0.0316. The summed E-state index contributed by atoms with van der Waals surface area (Å²) in [6, 6.07) is 9.50. The fraction of sp³-hybridized carbons (Fsp3) is 0.0714. The van der Waals surface area contributed by atoms with Crippen LogP contribution in [0.5, 0.6) is 0 Å². The Morgan fingerprint density at radius 3 is 2.45 bits per heavy atom. The van der Waals surface area contributed by atoms with E-state index in [9.17, 15) is 0 Å². The summed E-state index contributed by atoms with van der Waals surface area (Å²) in [6.45, 7) is 1.83. The molecule has 1 heterocycles. The van der Waals surface area contributed by atoms with Crippen molar-refractivity contribution in [2.75, 3.05) is 5.43 Å². The maximum Gasteiger partial charge on any atom is 0.168 e. The van der Waals surface area contributed by atoms with Crippen molar-refractivity contribution in [1.29, 1.82) is 5.26 Å². The number of rotatable bonds is 3. The van der Waals surface area contributed by atoms with Gasteiger partial charge in [0.15, 0.2) is 11.0 Å². The lowest BCUT2D eigenvalue weighted by Crippen LogP contribution is -2.02. The first kappa shape index (κ1) is 17.0. The number of aromatic nitrogens is 1. The second-order valence-corrected chi connectivity index (χ2v) is 6.21. The Morgan fingerprint density at radius 2 is 1.86 bits per heavy atom. The molecule has 0 saturated carbocycles. The predicted octanol–water partition coefficient (Wildman–Crippen LogP) is 5.51. The molecule has 0 unspecified atom stereocenters. The van der Waals surface area contributed by atoms with E-state index >= 15 is 0 Å². The molecule has 2 aromatic rings. The zero-order valence-corrected chi connectivity index (χ0v) is 15.0. The fourth-order valence-corrected chi connectivity index (χ4v) is 2.50. The molecule has 0 aliphatic carbocycles. The minimum atomic E-state index is -0.0316. The molecule has 2 rings (SSSR count). The lowest BCUT2D eigenvalue weighted by atomic mass is 10.1. The van der Waals surface area contributed by atoms with Crippen molar-refractivity contribution in [2.45, 2.75) is 6.92 Å². The molecule has 22 heavy (non-hydrogen) atoms. The number of hydrazone groups is 1. The van der Waals surface area contributed by atoms with E-state index in [0.717, 1.165) is 15.7 Å². The highest BCUT2D eigenvalue weighted by Gasteiger charge is 2.16. The van der Waals surface area contributed by atoms with Crippen molar-refractivity contribution < 1.29 is 0 Å². The van der Waals surface area contributed by atoms with Gasteiger partial charge in [-0.1, -0.05) is 62.9 Å². The van der Waals surface area contributed by atoms with E-state index in [2.05, 4.69) is 31.4 Å². The normalized spacial score (nSPS) is 11.2. The zero-order chi connectivity index (χ0) is 16.3. The first-order chi connectivity index (χ1) is 10.4. The van der Waals surface area contributed by atoms with E-state index in [1.807, 2.05) is 37.3 Å². The van der Waals surface area contributed by atoms with Gasteiger partial charge in [0.2, 0.25) is 0 Å². The molecule has 4 nitrogen and oxygen atoms in total. The Balaban J connectivity index is 2.30. The van der Waals surface area contributed by atoms with Crippen LogP contribution in [0.1, 0.15) is 18.1 Å². The Morgan fingerprint density at radius 1 is 1.23 bits per heavy atom. The first-order valence-electron chi connectivity index (χ1n) is 5.95. The molecule has 0 amide bonds. The van der Waals surface area contributed by atoms with Gasteiger partial charge in [-0.15, -0.1) is 0 Å². The summed E-state index contributed by atoms with van der Waals surface area (Å²) in [4.78, 5) is 3.98. The molecule has 0 spiro atoms. The van der Waals surface area contributed by atoms with Crippen molar-refractivity contribution in [3.05, 3.63) is 55.1 Å². The molecular weight excluding hydrogens is 410 g/mol. The molecule has 0 radical (unpaired) electrons. The van der Waals surface area contributed by atoms with Crippen LogP contribution in [0.25, 0.3) is 0 Å². The summed E-state index contributed by atoms with van der Waals surface area (Å²) in [5.41, 5.74) is 4.40. The van der Waals surface area contributed by atoms with Gasteiger partial charge >= 0.3 is 0 Å². The topological polar surface area (TPSA) is 61.1 Å². The maximum atomic E-state index is 8.93. The smallest absolute Gasteiger partial charge is 0.168 e. The minimum Gasteiger partial charge on any atom is -0.260 e. The first-order valence-corrected chi connectivity index (χ1v) is 7.87. The quantitative estimate of drug-likeness (QED) is 0.406. The van der Waals surface area contributed by atoms with Crippen LogP contribution in [0.4, 0.5) is 5.82 Å². The zero-order valence-electron chi connectivity index (χ0n) is 11.2. The number of hydrogen-bond acceptors (Lipinski definition) is 4. The molecule has 0 bridgehead atoms. The van der Waals surface area contributed by atoms with Crippen molar-refractivity contribution in [3.63, 3.8) is 0 Å². The fourth-order valence-electron chi connectivity index (χ4n) is 1.57. The van der Waals surface area contributed by atoms with E-state index in [0.29, 0.717) is 0 Å². The van der Waals surface area contributed by atoms with Gasteiger partial charge in [0, 0.05) is 4.47 Å². The number of nitrogens with one attached hydrogen (secondary N) is 1. The lowest BCUT2D eigenvalue weighted by Gasteiger charge is -2.08. The highest BCUT2D eigenvalue weighted by Crippen LogP contribution is 2.34. The molecule has 0 aliphatic heterocycles. The largest absolute Gasteiger partial charge is 0.260 e. The average Bonchev–Trinajstić information content (AvgIpc) is 2.50.